The SMILES string of the molecule is C=C1CCN(C(=O)OCc2ccccc2)CC1(F)F. The molecule has 1 amide bonds. The van der Waals surface area contributed by atoms with E-state index in [0.717, 1.165) is 10.5 Å². The number of nitrogens with zero attached hydrogens (tertiary/aromatic N) is 1. The van der Waals surface area contributed by atoms with Crippen LogP contribution in [0.1, 0.15) is 12.0 Å². The highest BCUT2D eigenvalue weighted by Crippen LogP contribution is 2.31. The quantitative estimate of drug-likeness (QED) is 0.770. The fraction of sp³-hybridized carbons (Fsp3) is 0.357. The summed E-state index contributed by atoms with van der Waals surface area (Å²) in [6.45, 7) is 2.98. The van der Waals surface area contributed by atoms with Crippen LogP contribution in [0.4, 0.5) is 13.6 Å². The largest absolute Gasteiger partial charge is 0.445 e. The van der Waals surface area contributed by atoms with Gasteiger partial charge in [0.2, 0.25) is 0 Å². The van der Waals surface area contributed by atoms with Crippen molar-refractivity contribution in [3.8, 4) is 0 Å². The lowest BCUT2D eigenvalue weighted by Gasteiger charge is -2.33. The summed E-state index contributed by atoms with van der Waals surface area (Å²) < 4.78 is 31.9. The number of alkyl halides is 2. The van der Waals surface area contributed by atoms with E-state index in [2.05, 4.69) is 6.58 Å². The number of rotatable bonds is 2. The van der Waals surface area contributed by atoms with Crippen molar-refractivity contribution >= 4 is 6.09 Å². The van der Waals surface area contributed by atoms with Crippen molar-refractivity contribution in [1.82, 2.24) is 4.90 Å². The van der Waals surface area contributed by atoms with E-state index in [4.69, 9.17) is 4.74 Å². The van der Waals surface area contributed by atoms with Crippen LogP contribution in [-0.4, -0.2) is 30.0 Å². The molecule has 1 aliphatic rings. The van der Waals surface area contributed by atoms with Gasteiger partial charge in [0.1, 0.15) is 6.61 Å². The van der Waals surface area contributed by atoms with Crippen molar-refractivity contribution in [2.24, 2.45) is 0 Å². The van der Waals surface area contributed by atoms with Crippen molar-refractivity contribution in [3.63, 3.8) is 0 Å². The maximum Gasteiger partial charge on any atom is 0.410 e. The number of ether oxygens (including phenoxy) is 1. The Kier molecular flexibility index (Phi) is 3.83. The number of hydrogen-bond acceptors (Lipinski definition) is 2. The lowest BCUT2D eigenvalue weighted by molar-refractivity contribution is -0.0196. The predicted octanol–water partition coefficient (Wildman–Crippen LogP) is 3.22. The Hall–Kier alpha value is -1.91. The Morgan fingerprint density at radius 2 is 2.05 bits per heavy atom. The van der Waals surface area contributed by atoms with E-state index >= 15 is 0 Å². The van der Waals surface area contributed by atoms with Crippen LogP contribution in [0.2, 0.25) is 0 Å². The zero-order valence-corrected chi connectivity index (χ0v) is 10.4. The maximum absolute atomic E-state index is 13.4. The molecule has 0 radical (unpaired) electrons. The van der Waals surface area contributed by atoms with Crippen LogP contribution in [-0.2, 0) is 11.3 Å². The number of carbonyl (C=O) groups excluding carboxylic acids is 1. The Morgan fingerprint density at radius 1 is 1.37 bits per heavy atom. The Balaban J connectivity index is 1.89. The lowest BCUT2D eigenvalue weighted by Crippen LogP contribution is -2.47. The van der Waals surface area contributed by atoms with E-state index in [1.54, 1.807) is 12.1 Å². The van der Waals surface area contributed by atoms with Gasteiger partial charge in [-0.2, -0.15) is 8.78 Å². The molecule has 0 spiro atoms. The molecule has 0 saturated carbocycles. The molecular formula is C14H15F2NO2. The fourth-order valence-electron chi connectivity index (χ4n) is 1.85. The fourth-order valence-corrected chi connectivity index (χ4v) is 1.85. The van der Waals surface area contributed by atoms with Crippen LogP contribution >= 0.6 is 0 Å². The molecule has 1 saturated heterocycles. The van der Waals surface area contributed by atoms with E-state index in [1.807, 2.05) is 18.2 Å². The van der Waals surface area contributed by atoms with Crippen molar-refractivity contribution in [3.05, 3.63) is 48.0 Å². The molecule has 1 aliphatic heterocycles. The second kappa shape index (κ2) is 5.38. The molecule has 0 unspecified atom stereocenters. The molecule has 3 nitrogen and oxygen atoms in total. The number of likely N-dealkylation sites (tertiary alicyclic amines) is 1. The van der Waals surface area contributed by atoms with Crippen LogP contribution in [0.15, 0.2) is 42.5 Å². The summed E-state index contributed by atoms with van der Waals surface area (Å²) in [5.41, 5.74) is 0.698. The van der Waals surface area contributed by atoms with Crippen molar-refractivity contribution in [2.45, 2.75) is 19.0 Å². The highest BCUT2D eigenvalue weighted by molar-refractivity contribution is 5.68. The summed E-state index contributed by atoms with van der Waals surface area (Å²) in [5, 5.41) is 0. The van der Waals surface area contributed by atoms with Crippen molar-refractivity contribution in [2.75, 3.05) is 13.1 Å². The molecule has 2 rings (SSSR count). The summed E-state index contributed by atoms with van der Waals surface area (Å²) in [7, 11) is 0. The molecule has 0 atom stereocenters. The summed E-state index contributed by atoms with van der Waals surface area (Å²) in [5.74, 6) is -3.02. The van der Waals surface area contributed by atoms with Crippen LogP contribution in [0.3, 0.4) is 0 Å². The summed E-state index contributed by atoms with van der Waals surface area (Å²) in [4.78, 5) is 12.7. The third-order valence-corrected chi connectivity index (χ3v) is 3.05. The topological polar surface area (TPSA) is 29.5 Å². The van der Waals surface area contributed by atoms with Gasteiger partial charge in [0.25, 0.3) is 5.92 Å². The van der Waals surface area contributed by atoms with Gasteiger partial charge in [0.15, 0.2) is 0 Å². The number of hydrogen-bond donors (Lipinski definition) is 0. The van der Waals surface area contributed by atoms with Crippen LogP contribution in [0, 0.1) is 0 Å². The predicted molar refractivity (Wildman–Crippen MR) is 66.9 cm³/mol. The Morgan fingerprint density at radius 3 is 2.68 bits per heavy atom. The summed E-state index contributed by atoms with van der Waals surface area (Å²) in [6.07, 6.45) is -0.607. The van der Waals surface area contributed by atoms with Gasteiger partial charge in [-0.3, -0.25) is 0 Å². The highest BCUT2D eigenvalue weighted by atomic mass is 19.3. The van der Waals surface area contributed by atoms with Crippen molar-refractivity contribution < 1.29 is 18.3 Å². The standard InChI is InChI=1S/C14H15F2NO2/c1-11-7-8-17(10-14(11,15)16)13(18)19-9-12-5-3-2-4-6-12/h2-6H,1,7-10H2. The molecule has 1 fully saturated rings. The lowest BCUT2D eigenvalue weighted by atomic mass is 10.0. The van der Waals surface area contributed by atoms with Gasteiger partial charge in [-0.25, -0.2) is 4.79 Å². The van der Waals surface area contributed by atoms with Gasteiger partial charge in [-0.05, 0) is 17.6 Å². The molecule has 1 heterocycles. The molecule has 1 aromatic carbocycles. The van der Waals surface area contributed by atoms with Crippen LogP contribution in [0.5, 0.6) is 0 Å². The highest BCUT2D eigenvalue weighted by Gasteiger charge is 2.40. The second-order valence-corrected chi connectivity index (χ2v) is 4.52. The zero-order valence-electron chi connectivity index (χ0n) is 10.4. The third-order valence-electron chi connectivity index (χ3n) is 3.05. The van der Waals surface area contributed by atoms with Gasteiger partial charge in [0.05, 0.1) is 6.54 Å². The first-order chi connectivity index (χ1) is 8.99. The normalized spacial score (nSPS) is 18.2. The smallest absolute Gasteiger partial charge is 0.410 e. The van der Waals surface area contributed by atoms with Gasteiger partial charge < -0.3 is 9.64 Å². The molecule has 102 valence electrons. The summed E-state index contributed by atoms with van der Waals surface area (Å²) >= 11 is 0. The molecule has 0 aromatic heterocycles. The molecule has 1 aromatic rings. The minimum atomic E-state index is -3.02. The zero-order chi connectivity index (χ0) is 13.9. The molecular weight excluding hydrogens is 252 g/mol. The van der Waals surface area contributed by atoms with Crippen molar-refractivity contribution in [1.29, 1.82) is 0 Å². The minimum Gasteiger partial charge on any atom is -0.445 e. The number of carbonyl (C=O) groups is 1. The second-order valence-electron chi connectivity index (χ2n) is 4.52. The monoisotopic (exact) mass is 267 g/mol. The van der Waals surface area contributed by atoms with Crippen LogP contribution < -0.4 is 0 Å². The molecule has 19 heavy (non-hydrogen) atoms. The first kappa shape index (κ1) is 13.5. The Bertz CT molecular complexity index is 474. The first-order valence-corrected chi connectivity index (χ1v) is 6.01. The maximum atomic E-state index is 13.4. The molecule has 0 aliphatic carbocycles. The van der Waals surface area contributed by atoms with Gasteiger partial charge in [0, 0.05) is 6.54 Å². The van der Waals surface area contributed by atoms with Gasteiger partial charge in [-0.15, -0.1) is 0 Å². The molecule has 5 heteroatoms. The number of amides is 1. The van der Waals surface area contributed by atoms with E-state index in [0.29, 0.717) is 0 Å². The minimum absolute atomic E-state index is 0.0860. The first-order valence-electron chi connectivity index (χ1n) is 6.01. The number of piperidine rings is 1. The average Bonchev–Trinajstić information content (AvgIpc) is 2.40. The third kappa shape index (κ3) is 3.30. The molecule has 0 bridgehead atoms. The van der Waals surface area contributed by atoms with E-state index in [1.165, 1.54) is 0 Å². The van der Waals surface area contributed by atoms with Gasteiger partial charge >= 0.3 is 6.09 Å². The number of benzene rings is 1. The molecule has 0 N–H and O–H groups in total. The van der Waals surface area contributed by atoms with Crippen LogP contribution in [0.25, 0.3) is 0 Å². The average molecular weight is 267 g/mol. The van der Waals surface area contributed by atoms with E-state index < -0.39 is 18.6 Å². The Labute approximate surface area is 110 Å². The summed E-state index contributed by atoms with van der Waals surface area (Å²) in [6, 6.07) is 9.10. The van der Waals surface area contributed by atoms with E-state index in [-0.39, 0.29) is 25.1 Å². The van der Waals surface area contributed by atoms with E-state index in [9.17, 15) is 13.6 Å². The van der Waals surface area contributed by atoms with Gasteiger partial charge in [-0.1, -0.05) is 36.9 Å². The number of halogens is 2.